The maximum Gasteiger partial charge on any atom is 0.338 e. The van der Waals surface area contributed by atoms with Crippen LogP contribution in [0.15, 0.2) is 36.7 Å². The Kier molecular flexibility index (Phi) is 3.33. The summed E-state index contributed by atoms with van der Waals surface area (Å²) in [4.78, 5) is 27.9. The van der Waals surface area contributed by atoms with Crippen molar-refractivity contribution in [3.8, 4) is 11.8 Å². The fourth-order valence-corrected chi connectivity index (χ4v) is 1.22. The van der Waals surface area contributed by atoms with E-state index >= 15 is 0 Å². The molecular formula is C11H7N3O5. The predicted molar refractivity (Wildman–Crippen MR) is 62.2 cm³/mol. The van der Waals surface area contributed by atoms with Crippen LogP contribution in [0.3, 0.4) is 0 Å². The molecule has 0 aliphatic carbocycles. The number of nitrogens with zero attached hydrogens (tertiary/aromatic N) is 3. The molecule has 96 valence electrons. The highest BCUT2D eigenvalue weighted by molar-refractivity contribution is 5.86. The lowest BCUT2D eigenvalue weighted by Gasteiger charge is -2.02. The second kappa shape index (κ2) is 5.08. The first-order chi connectivity index (χ1) is 9.06. The Balaban J connectivity index is 2.12. The van der Waals surface area contributed by atoms with Crippen molar-refractivity contribution in [2.24, 2.45) is 0 Å². The fraction of sp³-hybridized carbons (Fsp3) is 0. The van der Waals surface area contributed by atoms with Crippen LogP contribution in [0.4, 0.5) is 5.69 Å². The summed E-state index contributed by atoms with van der Waals surface area (Å²) in [7, 11) is 0. The van der Waals surface area contributed by atoms with Gasteiger partial charge < -0.3 is 9.84 Å². The molecule has 1 aromatic carbocycles. The van der Waals surface area contributed by atoms with E-state index in [-0.39, 0.29) is 17.3 Å². The van der Waals surface area contributed by atoms with Crippen molar-refractivity contribution in [2.75, 3.05) is 0 Å². The van der Waals surface area contributed by atoms with Crippen molar-refractivity contribution in [3.05, 3.63) is 52.3 Å². The minimum atomic E-state index is -1.14. The molecule has 0 bridgehead atoms. The van der Waals surface area contributed by atoms with Crippen LogP contribution in [0.5, 0.6) is 11.8 Å². The zero-order valence-electron chi connectivity index (χ0n) is 9.39. The number of hydrogen-bond acceptors (Lipinski definition) is 6. The average Bonchev–Trinajstić information content (AvgIpc) is 2.40. The van der Waals surface area contributed by atoms with Crippen molar-refractivity contribution < 1.29 is 19.6 Å². The zero-order chi connectivity index (χ0) is 13.8. The lowest BCUT2D eigenvalue weighted by atomic mass is 10.3. The van der Waals surface area contributed by atoms with Crippen LogP contribution in [-0.4, -0.2) is 26.0 Å². The van der Waals surface area contributed by atoms with E-state index in [9.17, 15) is 14.9 Å². The second-order valence-corrected chi connectivity index (χ2v) is 3.41. The van der Waals surface area contributed by atoms with Crippen molar-refractivity contribution in [2.45, 2.75) is 0 Å². The van der Waals surface area contributed by atoms with Crippen LogP contribution >= 0.6 is 0 Å². The van der Waals surface area contributed by atoms with Gasteiger partial charge in [-0.25, -0.2) is 14.8 Å². The summed E-state index contributed by atoms with van der Waals surface area (Å²) in [6, 6.07) is 5.31. The Morgan fingerprint density at radius 1 is 1.21 bits per heavy atom. The summed E-state index contributed by atoms with van der Waals surface area (Å²) in [5.74, 6) is -0.824. The molecule has 0 aliphatic heterocycles. The van der Waals surface area contributed by atoms with E-state index in [1.807, 2.05) is 0 Å². The van der Waals surface area contributed by atoms with Crippen molar-refractivity contribution in [3.63, 3.8) is 0 Å². The summed E-state index contributed by atoms with van der Waals surface area (Å²) in [6.45, 7) is 0. The van der Waals surface area contributed by atoms with Gasteiger partial charge in [-0.1, -0.05) is 0 Å². The Morgan fingerprint density at radius 2 is 1.79 bits per heavy atom. The smallest absolute Gasteiger partial charge is 0.338 e. The molecule has 19 heavy (non-hydrogen) atoms. The van der Waals surface area contributed by atoms with E-state index in [0.29, 0.717) is 5.75 Å². The molecule has 8 nitrogen and oxygen atoms in total. The van der Waals surface area contributed by atoms with Crippen LogP contribution in [0.1, 0.15) is 10.4 Å². The van der Waals surface area contributed by atoms with Gasteiger partial charge in [0.1, 0.15) is 5.75 Å². The highest BCUT2D eigenvalue weighted by atomic mass is 16.6. The second-order valence-electron chi connectivity index (χ2n) is 3.41. The van der Waals surface area contributed by atoms with Crippen molar-refractivity contribution in [1.82, 2.24) is 9.97 Å². The van der Waals surface area contributed by atoms with E-state index in [0.717, 1.165) is 12.4 Å². The number of carboxylic acids is 1. The first-order valence-electron chi connectivity index (χ1n) is 5.04. The third-order valence-electron chi connectivity index (χ3n) is 2.13. The van der Waals surface area contributed by atoms with Gasteiger partial charge in [0.15, 0.2) is 0 Å². The summed E-state index contributed by atoms with van der Waals surface area (Å²) in [5, 5.41) is 19.1. The topological polar surface area (TPSA) is 115 Å². The Labute approximate surface area is 106 Å². The molecule has 1 N–H and O–H groups in total. The number of carboxylic acid groups (broad SMARTS) is 1. The molecule has 0 spiro atoms. The molecule has 1 aromatic heterocycles. The van der Waals surface area contributed by atoms with Crippen LogP contribution in [0.2, 0.25) is 0 Å². The van der Waals surface area contributed by atoms with Crippen molar-refractivity contribution in [1.29, 1.82) is 0 Å². The fourth-order valence-electron chi connectivity index (χ4n) is 1.22. The Bertz CT molecular complexity index is 554. The van der Waals surface area contributed by atoms with E-state index in [1.54, 1.807) is 0 Å². The number of carbonyl (C=O) groups is 1. The molecule has 0 fully saturated rings. The number of nitro groups is 1. The molecule has 2 aromatic rings. The molecule has 2 rings (SSSR count). The van der Waals surface area contributed by atoms with E-state index < -0.39 is 10.9 Å². The molecule has 0 radical (unpaired) electrons. The quantitative estimate of drug-likeness (QED) is 0.659. The number of rotatable bonds is 4. The summed E-state index contributed by atoms with van der Waals surface area (Å²) in [6.07, 6.45) is 2.21. The summed E-state index contributed by atoms with van der Waals surface area (Å²) < 4.78 is 5.21. The van der Waals surface area contributed by atoms with E-state index in [1.165, 1.54) is 24.3 Å². The number of aromatic carboxylic acids is 1. The number of non-ortho nitro benzene ring substituents is 1. The number of nitro benzene ring substituents is 1. The molecule has 0 saturated heterocycles. The molecule has 0 amide bonds. The molecular weight excluding hydrogens is 254 g/mol. The molecule has 0 saturated carbocycles. The van der Waals surface area contributed by atoms with Gasteiger partial charge in [0, 0.05) is 24.5 Å². The van der Waals surface area contributed by atoms with Crippen LogP contribution in [-0.2, 0) is 0 Å². The zero-order valence-corrected chi connectivity index (χ0v) is 9.39. The lowest BCUT2D eigenvalue weighted by Crippen LogP contribution is -1.99. The van der Waals surface area contributed by atoms with Gasteiger partial charge in [-0.05, 0) is 12.1 Å². The summed E-state index contributed by atoms with van der Waals surface area (Å²) in [5.41, 5.74) is -0.120. The molecule has 0 unspecified atom stereocenters. The number of hydrogen-bond donors (Lipinski definition) is 1. The lowest BCUT2D eigenvalue weighted by molar-refractivity contribution is -0.384. The normalized spacial score (nSPS) is 9.89. The van der Waals surface area contributed by atoms with Gasteiger partial charge in [-0.2, -0.15) is 0 Å². The van der Waals surface area contributed by atoms with E-state index in [2.05, 4.69) is 9.97 Å². The van der Waals surface area contributed by atoms with Gasteiger partial charge in [0.25, 0.3) is 5.69 Å². The maximum absolute atomic E-state index is 10.6. The van der Waals surface area contributed by atoms with Gasteiger partial charge in [0.05, 0.1) is 10.5 Å². The first-order valence-corrected chi connectivity index (χ1v) is 5.04. The van der Waals surface area contributed by atoms with Gasteiger partial charge in [-0.3, -0.25) is 10.1 Å². The number of aromatic nitrogens is 2. The monoisotopic (exact) mass is 261 g/mol. The number of ether oxygens (including phenoxy) is 1. The largest absolute Gasteiger partial charge is 0.478 e. The van der Waals surface area contributed by atoms with E-state index in [4.69, 9.17) is 9.84 Å². The maximum atomic E-state index is 10.6. The van der Waals surface area contributed by atoms with Gasteiger partial charge in [0.2, 0.25) is 0 Å². The third kappa shape index (κ3) is 3.00. The number of benzene rings is 1. The molecule has 8 heteroatoms. The Hall–Kier alpha value is -3.03. The minimum absolute atomic E-state index is 0.0427. The molecule has 0 aliphatic rings. The minimum Gasteiger partial charge on any atom is -0.478 e. The molecule has 0 atom stereocenters. The van der Waals surface area contributed by atoms with Gasteiger partial charge >= 0.3 is 12.0 Å². The Morgan fingerprint density at radius 3 is 2.26 bits per heavy atom. The highest BCUT2D eigenvalue weighted by Crippen LogP contribution is 2.21. The average molecular weight is 261 g/mol. The van der Waals surface area contributed by atoms with Crippen molar-refractivity contribution >= 4 is 11.7 Å². The predicted octanol–water partition coefficient (Wildman–Crippen LogP) is 1.88. The first kappa shape index (κ1) is 12.4. The van der Waals surface area contributed by atoms with Crippen LogP contribution < -0.4 is 4.74 Å². The third-order valence-corrected chi connectivity index (χ3v) is 2.13. The molecule has 1 heterocycles. The standard InChI is InChI=1S/C11H7N3O5/c15-10(16)7-5-12-11(13-6-7)19-9-3-1-8(2-4-9)14(17)18/h1-6H,(H,15,16). The van der Waals surface area contributed by atoms with Gasteiger partial charge in [-0.15, -0.1) is 0 Å². The van der Waals surface area contributed by atoms with Crippen LogP contribution in [0, 0.1) is 10.1 Å². The van der Waals surface area contributed by atoms with Crippen LogP contribution in [0.25, 0.3) is 0 Å². The summed E-state index contributed by atoms with van der Waals surface area (Å²) >= 11 is 0. The highest BCUT2D eigenvalue weighted by Gasteiger charge is 2.07. The SMILES string of the molecule is O=C(O)c1cnc(Oc2ccc([N+](=O)[O-])cc2)nc1.